The maximum absolute atomic E-state index is 12.7. The molecule has 1 unspecified atom stereocenters. The summed E-state index contributed by atoms with van der Waals surface area (Å²) in [6.45, 7) is 7.02. The number of alkyl halides is 3. The SMILES string of the molecule is CNC(CN(CC(F)(F)F)C(C)C)c1cc(C)ccc1C. The van der Waals surface area contributed by atoms with Crippen molar-refractivity contribution in [2.75, 3.05) is 20.1 Å². The number of nitrogens with zero attached hydrogens (tertiary/aromatic N) is 1. The minimum absolute atomic E-state index is 0.116. The molecule has 0 saturated carbocycles. The molecule has 2 nitrogen and oxygen atoms in total. The van der Waals surface area contributed by atoms with Gasteiger partial charge < -0.3 is 5.32 Å². The second-order valence-electron chi connectivity index (χ2n) is 5.84. The molecule has 0 bridgehead atoms. The lowest BCUT2D eigenvalue weighted by molar-refractivity contribution is -0.150. The van der Waals surface area contributed by atoms with E-state index in [-0.39, 0.29) is 12.1 Å². The van der Waals surface area contributed by atoms with Crippen molar-refractivity contribution in [3.63, 3.8) is 0 Å². The molecule has 21 heavy (non-hydrogen) atoms. The van der Waals surface area contributed by atoms with Crippen LogP contribution < -0.4 is 5.32 Å². The maximum Gasteiger partial charge on any atom is 0.401 e. The zero-order valence-corrected chi connectivity index (χ0v) is 13.4. The van der Waals surface area contributed by atoms with Gasteiger partial charge in [-0.2, -0.15) is 13.2 Å². The molecule has 0 heterocycles. The minimum Gasteiger partial charge on any atom is -0.312 e. The monoisotopic (exact) mass is 302 g/mol. The van der Waals surface area contributed by atoms with Crippen LogP contribution in [0.2, 0.25) is 0 Å². The number of hydrogen-bond acceptors (Lipinski definition) is 2. The third-order valence-corrected chi connectivity index (χ3v) is 3.69. The third-order valence-electron chi connectivity index (χ3n) is 3.69. The van der Waals surface area contributed by atoms with E-state index in [0.29, 0.717) is 6.54 Å². The molecule has 0 aromatic heterocycles. The van der Waals surface area contributed by atoms with Gasteiger partial charge in [0.15, 0.2) is 0 Å². The van der Waals surface area contributed by atoms with Gasteiger partial charge >= 0.3 is 6.18 Å². The Hall–Kier alpha value is -1.07. The molecule has 0 saturated heterocycles. The largest absolute Gasteiger partial charge is 0.401 e. The molecule has 5 heteroatoms. The highest BCUT2D eigenvalue weighted by Crippen LogP contribution is 2.24. The number of aryl methyl sites for hydroxylation is 2. The van der Waals surface area contributed by atoms with Crippen molar-refractivity contribution < 1.29 is 13.2 Å². The van der Waals surface area contributed by atoms with Crippen LogP contribution in [0.4, 0.5) is 13.2 Å². The Kier molecular flexibility index (Phi) is 6.23. The van der Waals surface area contributed by atoms with Crippen LogP contribution in [-0.2, 0) is 0 Å². The highest BCUT2D eigenvalue weighted by molar-refractivity contribution is 5.33. The zero-order valence-electron chi connectivity index (χ0n) is 13.4. The predicted molar refractivity (Wildman–Crippen MR) is 80.5 cm³/mol. The van der Waals surface area contributed by atoms with Crippen LogP contribution in [0.1, 0.15) is 36.6 Å². The summed E-state index contributed by atoms with van der Waals surface area (Å²) in [5.74, 6) is 0. The Balaban J connectivity index is 2.95. The lowest BCUT2D eigenvalue weighted by Gasteiger charge is -2.32. The van der Waals surface area contributed by atoms with E-state index in [1.807, 2.05) is 32.0 Å². The van der Waals surface area contributed by atoms with E-state index in [2.05, 4.69) is 5.32 Å². The first-order valence-corrected chi connectivity index (χ1v) is 7.19. The van der Waals surface area contributed by atoms with Crippen molar-refractivity contribution in [2.24, 2.45) is 0 Å². The molecule has 1 rings (SSSR count). The molecular weight excluding hydrogens is 277 g/mol. The summed E-state index contributed by atoms with van der Waals surface area (Å²) in [6.07, 6.45) is -4.18. The van der Waals surface area contributed by atoms with Gasteiger partial charge in [-0.05, 0) is 45.9 Å². The van der Waals surface area contributed by atoms with Crippen LogP contribution >= 0.6 is 0 Å². The van der Waals surface area contributed by atoms with Crippen molar-refractivity contribution in [2.45, 2.75) is 46.0 Å². The molecule has 120 valence electrons. The minimum atomic E-state index is -4.18. The first kappa shape index (κ1) is 18.0. The van der Waals surface area contributed by atoms with Crippen LogP contribution in [0.3, 0.4) is 0 Å². The molecule has 1 atom stereocenters. The Labute approximate surface area is 125 Å². The first-order valence-electron chi connectivity index (χ1n) is 7.19. The van der Waals surface area contributed by atoms with E-state index in [4.69, 9.17) is 0 Å². The Morgan fingerprint density at radius 1 is 1.19 bits per heavy atom. The van der Waals surface area contributed by atoms with Crippen molar-refractivity contribution in [1.29, 1.82) is 0 Å². The van der Waals surface area contributed by atoms with Gasteiger partial charge in [-0.1, -0.05) is 23.8 Å². The lowest BCUT2D eigenvalue weighted by atomic mass is 9.98. The summed E-state index contributed by atoms with van der Waals surface area (Å²) in [5.41, 5.74) is 3.27. The second kappa shape index (κ2) is 7.27. The molecule has 0 amide bonds. The summed E-state index contributed by atoms with van der Waals surface area (Å²) in [7, 11) is 1.79. The van der Waals surface area contributed by atoms with Gasteiger partial charge in [-0.3, -0.25) is 4.90 Å². The van der Waals surface area contributed by atoms with Crippen LogP contribution in [0.5, 0.6) is 0 Å². The Morgan fingerprint density at radius 2 is 1.81 bits per heavy atom. The highest BCUT2D eigenvalue weighted by atomic mass is 19.4. The van der Waals surface area contributed by atoms with E-state index in [0.717, 1.165) is 16.7 Å². The molecular formula is C16H25F3N2. The van der Waals surface area contributed by atoms with Gasteiger partial charge in [0.1, 0.15) is 0 Å². The average Bonchev–Trinajstić information content (AvgIpc) is 2.36. The number of halogens is 3. The van der Waals surface area contributed by atoms with E-state index in [1.54, 1.807) is 20.9 Å². The van der Waals surface area contributed by atoms with Gasteiger partial charge in [-0.15, -0.1) is 0 Å². The quantitative estimate of drug-likeness (QED) is 0.859. The van der Waals surface area contributed by atoms with Gasteiger partial charge in [0, 0.05) is 18.6 Å². The summed E-state index contributed by atoms with van der Waals surface area (Å²) < 4.78 is 38.1. The van der Waals surface area contributed by atoms with Gasteiger partial charge in [0.2, 0.25) is 0 Å². The second-order valence-corrected chi connectivity index (χ2v) is 5.84. The fourth-order valence-corrected chi connectivity index (χ4v) is 2.40. The van der Waals surface area contributed by atoms with E-state index in [9.17, 15) is 13.2 Å². The van der Waals surface area contributed by atoms with Crippen molar-refractivity contribution in [3.8, 4) is 0 Å². The zero-order chi connectivity index (χ0) is 16.2. The van der Waals surface area contributed by atoms with Crippen molar-refractivity contribution in [3.05, 3.63) is 34.9 Å². The molecule has 0 fully saturated rings. The molecule has 0 aliphatic rings. The topological polar surface area (TPSA) is 15.3 Å². The van der Waals surface area contributed by atoms with E-state index < -0.39 is 12.7 Å². The molecule has 1 aromatic rings. The molecule has 1 N–H and O–H groups in total. The van der Waals surface area contributed by atoms with Crippen molar-refractivity contribution >= 4 is 0 Å². The molecule has 0 radical (unpaired) electrons. The van der Waals surface area contributed by atoms with Crippen LogP contribution in [0, 0.1) is 13.8 Å². The Bertz CT molecular complexity index is 455. The standard InChI is InChI=1S/C16H25F3N2/c1-11(2)21(10-16(17,18)19)9-15(20-5)14-8-12(3)6-7-13(14)4/h6-8,11,15,20H,9-10H2,1-5H3. The Morgan fingerprint density at radius 3 is 2.29 bits per heavy atom. The summed E-state index contributed by atoms with van der Waals surface area (Å²) in [4.78, 5) is 1.46. The van der Waals surface area contributed by atoms with Crippen LogP contribution in [-0.4, -0.2) is 37.3 Å². The average molecular weight is 302 g/mol. The molecule has 0 aliphatic carbocycles. The lowest BCUT2D eigenvalue weighted by Crippen LogP contribution is -2.43. The molecule has 0 aliphatic heterocycles. The number of nitrogens with one attached hydrogen (secondary N) is 1. The summed E-state index contributed by atoms with van der Waals surface area (Å²) >= 11 is 0. The predicted octanol–water partition coefficient (Wildman–Crippen LogP) is 3.84. The number of hydrogen-bond donors (Lipinski definition) is 1. The molecule has 0 spiro atoms. The highest BCUT2D eigenvalue weighted by Gasteiger charge is 2.32. The van der Waals surface area contributed by atoms with E-state index >= 15 is 0 Å². The summed E-state index contributed by atoms with van der Waals surface area (Å²) in [5, 5.41) is 3.15. The summed E-state index contributed by atoms with van der Waals surface area (Å²) in [6, 6.07) is 5.80. The van der Waals surface area contributed by atoms with Gasteiger partial charge in [-0.25, -0.2) is 0 Å². The number of rotatable bonds is 6. The van der Waals surface area contributed by atoms with Gasteiger partial charge in [0.05, 0.1) is 6.54 Å². The number of benzene rings is 1. The van der Waals surface area contributed by atoms with Gasteiger partial charge in [0.25, 0.3) is 0 Å². The maximum atomic E-state index is 12.7. The first-order chi connectivity index (χ1) is 9.64. The van der Waals surface area contributed by atoms with Crippen LogP contribution in [0.25, 0.3) is 0 Å². The van der Waals surface area contributed by atoms with Crippen molar-refractivity contribution in [1.82, 2.24) is 10.2 Å². The normalized spacial score (nSPS) is 14.0. The number of likely N-dealkylation sites (N-methyl/N-ethyl adjacent to an activating group) is 1. The molecule has 1 aromatic carbocycles. The third kappa shape index (κ3) is 5.67. The van der Waals surface area contributed by atoms with E-state index in [1.165, 1.54) is 4.90 Å². The fourth-order valence-electron chi connectivity index (χ4n) is 2.40. The smallest absolute Gasteiger partial charge is 0.312 e. The fraction of sp³-hybridized carbons (Fsp3) is 0.625. The van der Waals surface area contributed by atoms with Crippen LogP contribution in [0.15, 0.2) is 18.2 Å².